The zero-order valence-corrected chi connectivity index (χ0v) is 8.98. The number of hydrogen-bond donors (Lipinski definition) is 0. The predicted octanol–water partition coefficient (Wildman–Crippen LogP) is 0.167. The molecule has 1 aromatic rings. The van der Waals surface area contributed by atoms with Crippen molar-refractivity contribution >= 4 is 0 Å². The maximum absolute atomic E-state index is 4.34. The first-order chi connectivity index (χ1) is 6.74. The van der Waals surface area contributed by atoms with Crippen molar-refractivity contribution in [1.29, 1.82) is 0 Å². The lowest BCUT2D eigenvalue weighted by molar-refractivity contribution is 0.147. The Balaban J connectivity index is 1.86. The molecule has 0 bridgehead atoms. The van der Waals surface area contributed by atoms with Crippen LogP contribution in [0.15, 0.2) is 12.5 Å². The highest BCUT2D eigenvalue weighted by Gasteiger charge is 2.14. The molecule has 4 nitrogen and oxygen atoms in total. The van der Waals surface area contributed by atoms with E-state index in [0.29, 0.717) is 0 Å². The van der Waals surface area contributed by atoms with Crippen molar-refractivity contribution in [1.82, 2.24) is 19.4 Å². The second-order valence-corrected chi connectivity index (χ2v) is 4.11. The second-order valence-electron chi connectivity index (χ2n) is 4.11. The molecular formula is C10H18N4. The molecule has 0 aromatic carbocycles. The summed E-state index contributed by atoms with van der Waals surface area (Å²) < 4.78 is 2.01. The highest BCUT2D eigenvalue weighted by Crippen LogP contribution is 2.05. The van der Waals surface area contributed by atoms with E-state index in [-0.39, 0.29) is 0 Å². The molecule has 0 spiro atoms. The van der Waals surface area contributed by atoms with Crippen LogP contribution in [0.2, 0.25) is 0 Å². The van der Waals surface area contributed by atoms with E-state index in [1.807, 2.05) is 17.9 Å². The Morgan fingerprint density at radius 1 is 1.21 bits per heavy atom. The van der Waals surface area contributed by atoms with E-state index in [9.17, 15) is 0 Å². The molecule has 1 aliphatic rings. The SMILES string of the molecule is CN1CCN(Cc2cn(C)cn2)CC1. The van der Waals surface area contributed by atoms with E-state index < -0.39 is 0 Å². The molecule has 1 aliphatic heterocycles. The molecule has 0 N–H and O–H groups in total. The summed E-state index contributed by atoms with van der Waals surface area (Å²) >= 11 is 0. The molecule has 2 heterocycles. The van der Waals surface area contributed by atoms with Gasteiger partial charge in [-0.2, -0.15) is 0 Å². The van der Waals surface area contributed by atoms with Gasteiger partial charge in [0.05, 0.1) is 12.0 Å². The molecule has 78 valence electrons. The minimum absolute atomic E-state index is 0.995. The molecular weight excluding hydrogens is 176 g/mol. The summed E-state index contributed by atoms with van der Waals surface area (Å²) in [6.07, 6.45) is 3.96. The van der Waals surface area contributed by atoms with Crippen LogP contribution in [0.5, 0.6) is 0 Å². The van der Waals surface area contributed by atoms with Gasteiger partial charge < -0.3 is 9.47 Å². The molecule has 0 aliphatic carbocycles. The molecule has 2 rings (SSSR count). The molecule has 4 heteroatoms. The Hall–Kier alpha value is -0.870. The third-order valence-corrected chi connectivity index (χ3v) is 2.74. The average Bonchev–Trinajstić information content (AvgIpc) is 2.56. The Kier molecular flexibility index (Phi) is 2.84. The summed E-state index contributed by atoms with van der Waals surface area (Å²) in [5.41, 5.74) is 1.18. The predicted molar refractivity (Wildman–Crippen MR) is 56.0 cm³/mol. The van der Waals surface area contributed by atoms with Crippen LogP contribution in [0.25, 0.3) is 0 Å². The van der Waals surface area contributed by atoms with Gasteiger partial charge in [-0.05, 0) is 7.05 Å². The molecule has 0 radical (unpaired) electrons. The summed E-state index contributed by atoms with van der Waals surface area (Å²) in [5.74, 6) is 0. The quantitative estimate of drug-likeness (QED) is 0.670. The van der Waals surface area contributed by atoms with Crippen molar-refractivity contribution < 1.29 is 0 Å². The van der Waals surface area contributed by atoms with E-state index in [2.05, 4.69) is 28.0 Å². The molecule has 0 atom stereocenters. The van der Waals surface area contributed by atoms with Gasteiger partial charge in [0, 0.05) is 46.0 Å². The highest BCUT2D eigenvalue weighted by atomic mass is 15.2. The van der Waals surface area contributed by atoms with Gasteiger partial charge in [-0.3, -0.25) is 4.90 Å². The van der Waals surface area contributed by atoms with Crippen LogP contribution in [-0.2, 0) is 13.6 Å². The standard InChI is InChI=1S/C10H18N4/c1-12-3-5-14(6-4-12)8-10-7-13(2)9-11-10/h7,9H,3-6,8H2,1-2H3. The van der Waals surface area contributed by atoms with Crippen molar-refractivity contribution in [3.8, 4) is 0 Å². The number of nitrogens with zero attached hydrogens (tertiary/aromatic N) is 4. The van der Waals surface area contributed by atoms with Gasteiger partial charge >= 0.3 is 0 Å². The lowest BCUT2D eigenvalue weighted by Crippen LogP contribution is -2.43. The molecule has 1 fully saturated rings. The lowest BCUT2D eigenvalue weighted by atomic mass is 10.3. The van der Waals surface area contributed by atoms with Crippen molar-refractivity contribution in [2.75, 3.05) is 33.2 Å². The van der Waals surface area contributed by atoms with E-state index in [1.165, 1.54) is 18.8 Å². The maximum Gasteiger partial charge on any atom is 0.0947 e. The van der Waals surface area contributed by atoms with Gasteiger partial charge in [0.25, 0.3) is 0 Å². The van der Waals surface area contributed by atoms with Crippen LogP contribution in [0.3, 0.4) is 0 Å². The fraction of sp³-hybridized carbons (Fsp3) is 0.700. The second kappa shape index (κ2) is 4.11. The molecule has 0 amide bonds. The van der Waals surface area contributed by atoms with Gasteiger partial charge in [-0.25, -0.2) is 4.98 Å². The molecule has 1 aromatic heterocycles. The van der Waals surface area contributed by atoms with Crippen molar-refractivity contribution in [3.63, 3.8) is 0 Å². The molecule has 0 saturated carbocycles. The normalized spacial score (nSPS) is 20.1. The van der Waals surface area contributed by atoms with Gasteiger partial charge in [0.2, 0.25) is 0 Å². The number of aromatic nitrogens is 2. The van der Waals surface area contributed by atoms with E-state index >= 15 is 0 Å². The van der Waals surface area contributed by atoms with Crippen LogP contribution in [0.4, 0.5) is 0 Å². The summed E-state index contributed by atoms with van der Waals surface area (Å²) in [5, 5.41) is 0. The maximum atomic E-state index is 4.34. The van der Waals surface area contributed by atoms with Gasteiger partial charge in [-0.15, -0.1) is 0 Å². The van der Waals surface area contributed by atoms with Crippen LogP contribution in [-0.4, -0.2) is 52.6 Å². The summed E-state index contributed by atoms with van der Waals surface area (Å²) in [6, 6.07) is 0. The molecule has 14 heavy (non-hydrogen) atoms. The first-order valence-electron chi connectivity index (χ1n) is 5.12. The fourth-order valence-electron chi connectivity index (χ4n) is 1.78. The third-order valence-electron chi connectivity index (χ3n) is 2.74. The topological polar surface area (TPSA) is 24.3 Å². The van der Waals surface area contributed by atoms with Crippen LogP contribution >= 0.6 is 0 Å². The van der Waals surface area contributed by atoms with Crippen LogP contribution < -0.4 is 0 Å². The molecule has 1 saturated heterocycles. The Morgan fingerprint density at radius 3 is 2.50 bits per heavy atom. The Bertz CT molecular complexity index is 286. The van der Waals surface area contributed by atoms with Gasteiger partial charge in [0.15, 0.2) is 0 Å². The molecule has 0 unspecified atom stereocenters. The van der Waals surface area contributed by atoms with Gasteiger partial charge in [0.1, 0.15) is 0 Å². The highest BCUT2D eigenvalue weighted by molar-refractivity contribution is 4.96. The summed E-state index contributed by atoms with van der Waals surface area (Å²) in [7, 11) is 4.19. The Labute approximate surface area is 85.1 Å². The third kappa shape index (κ3) is 2.33. The van der Waals surface area contributed by atoms with Crippen LogP contribution in [0, 0.1) is 0 Å². The fourth-order valence-corrected chi connectivity index (χ4v) is 1.78. The van der Waals surface area contributed by atoms with Crippen molar-refractivity contribution in [2.24, 2.45) is 7.05 Å². The summed E-state index contributed by atoms with van der Waals surface area (Å²) in [4.78, 5) is 9.17. The lowest BCUT2D eigenvalue weighted by Gasteiger charge is -2.31. The summed E-state index contributed by atoms with van der Waals surface area (Å²) in [6.45, 7) is 5.66. The zero-order valence-electron chi connectivity index (χ0n) is 8.98. The average molecular weight is 194 g/mol. The van der Waals surface area contributed by atoms with Gasteiger partial charge in [-0.1, -0.05) is 0 Å². The van der Waals surface area contributed by atoms with Crippen molar-refractivity contribution in [3.05, 3.63) is 18.2 Å². The first kappa shape index (κ1) is 9.68. The van der Waals surface area contributed by atoms with E-state index in [4.69, 9.17) is 0 Å². The minimum atomic E-state index is 0.995. The monoisotopic (exact) mass is 194 g/mol. The number of aryl methyl sites for hydroxylation is 1. The largest absolute Gasteiger partial charge is 0.340 e. The number of likely N-dealkylation sites (N-methyl/N-ethyl adjacent to an activating group) is 1. The Morgan fingerprint density at radius 2 is 1.93 bits per heavy atom. The number of imidazole rings is 1. The number of piperazine rings is 1. The first-order valence-corrected chi connectivity index (χ1v) is 5.12. The number of hydrogen-bond acceptors (Lipinski definition) is 3. The zero-order chi connectivity index (χ0) is 9.97. The van der Waals surface area contributed by atoms with Crippen LogP contribution in [0.1, 0.15) is 5.69 Å². The minimum Gasteiger partial charge on any atom is -0.340 e. The van der Waals surface area contributed by atoms with E-state index in [0.717, 1.165) is 19.6 Å². The van der Waals surface area contributed by atoms with E-state index in [1.54, 1.807) is 0 Å². The smallest absolute Gasteiger partial charge is 0.0947 e. The van der Waals surface area contributed by atoms with Crippen molar-refractivity contribution in [2.45, 2.75) is 6.54 Å². The number of rotatable bonds is 2.